The van der Waals surface area contributed by atoms with Gasteiger partial charge in [-0.1, -0.05) is 25.4 Å². The maximum atomic E-state index is 12.8. The van der Waals surface area contributed by atoms with Crippen LogP contribution in [0, 0.1) is 0 Å². The first kappa shape index (κ1) is 21.5. The highest BCUT2D eigenvalue weighted by atomic mass is 35.5. The first-order valence-corrected chi connectivity index (χ1v) is 9.98. The van der Waals surface area contributed by atoms with Gasteiger partial charge >= 0.3 is 0 Å². The maximum absolute atomic E-state index is 12.8. The normalized spacial score (nSPS) is 11.8. The Bertz CT molecular complexity index is 742. The number of nitrogens with one attached hydrogen (secondary N) is 1. The summed E-state index contributed by atoms with van der Waals surface area (Å²) < 4.78 is 1.82. The van der Waals surface area contributed by atoms with Crippen molar-refractivity contribution in [2.75, 3.05) is 13.1 Å². The van der Waals surface area contributed by atoms with Gasteiger partial charge in [0.2, 0.25) is 0 Å². The van der Waals surface area contributed by atoms with E-state index in [1.54, 1.807) is 6.20 Å². The minimum atomic E-state index is -0.0774. The largest absolute Gasteiger partial charge is 0.351 e. The van der Waals surface area contributed by atoms with E-state index >= 15 is 0 Å². The molecule has 5 nitrogen and oxygen atoms in total. The molecule has 0 aliphatic rings. The second kappa shape index (κ2) is 9.38. The predicted octanol–water partition coefficient (Wildman–Crippen LogP) is 4.50. The zero-order valence-corrected chi connectivity index (χ0v) is 17.9. The number of amides is 1. The number of carbonyl (C=O) groups excluding carboxylic acids is 1. The second-order valence-electron chi connectivity index (χ2n) is 7.67. The Morgan fingerprint density at radius 2 is 1.70 bits per heavy atom. The van der Waals surface area contributed by atoms with Crippen LogP contribution in [0.1, 0.15) is 63.5 Å². The van der Waals surface area contributed by atoms with Crippen LogP contribution < -0.4 is 5.32 Å². The highest BCUT2D eigenvalue weighted by Crippen LogP contribution is 2.24. The van der Waals surface area contributed by atoms with Gasteiger partial charge in [0.1, 0.15) is 0 Å². The molecule has 1 amide bonds. The average Bonchev–Trinajstić information content (AvgIpc) is 3.03. The molecule has 1 heterocycles. The van der Waals surface area contributed by atoms with Crippen molar-refractivity contribution in [3.63, 3.8) is 0 Å². The van der Waals surface area contributed by atoms with Crippen LogP contribution >= 0.6 is 11.6 Å². The summed E-state index contributed by atoms with van der Waals surface area (Å²) in [7, 11) is 0. The number of halogens is 1. The Morgan fingerprint density at radius 1 is 1.11 bits per heavy atom. The highest BCUT2D eigenvalue weighted by molar-refractivity contribution is 6.30. The third-order valence-electron chi connectivity index (χ3n) is 4.65. The van der Waals surface area contributed by atoms with Crippen LogP contribution in [-0.4, -0.2) is 45.8 Å². The summed E-state index contributed by atoms with van der Waals surface area (Å²) >= 11 is 5.99. The number of hydrogen-bond donors (Lipinski definition) is 1. The summed E-state index contributed by atoms with van der Waals surface area (Å²) in [5.74, 6) is 0.0816. The van der Waals surface area contributed by atoms with Gasteiger partial charge in [-0.15, -0.1) is 0 Å². The minimum Gasteiger partial charge on any atom is -0.351 e. The van der Waals surface area contributed by atoms with Crippen LogP contribution in [0.2, 0.25) is 5.02 Å². The van der Waals surface area contributed by atoms with E-state index in [0.29, 0.717) is 29.2 Å². The molecule has 6 heteroatoms. The second-order valence-corrected chi connectivity index (χ2v) is 8.10. The molecule has 0 saturated heterocycles. The quantitative estimate of drug-likeness (QED) is 0.722. The van der Waals surface area contributed by atoms with Crippen LogP contribution in [0.3, 0.4) is 0 Å². The summed E-state index contributed by atoms with van der Waals surface area (Å²) in [6.07, 6.45) is 1.65. The fourth-order valence-electron chi connectivity index (χ4n) is 3.38. The van der Waals surface area contributed by atoms with Crippen LogP contribution in [0.5, 0.6) is 0 Å². The molecule has 0 atom stereocenters. The van der Waals surface area contributed by atoms with E-state index in [1.165, 1.54) is 0 Å². The Hall–Kier alpha value is -1.85. The molecular weight excluding hydrogens is 360 g/mol. The molecule has 1 aromatic heterocycles. The zero-order valence-electron chi connectivity index (χ0n) is 17.2. The van der Waals surface area contributed by atoms with Gasteiger partial charge in [-0.3, -0.25) is 9.69 Å². The summed E-state index contributed by atoms with van der Waals surface area (Å²) in [5, 5.41) is 8.19. The third-order valence-corrected chi connectivity index (χ3v) is 4.90. The molecule has 0 saturated carbocycles. The van der Waals surface area contributed by atoms with Crippen LogP contribution in [0.25, 0.3) is 5.69 Å². The first-order valence-electron chi connectivity index (χ1n) is 9.60. The molecule has 0 radical (unpaired) electrons. The van der Waals surface area contributed by atoms with Gasteiger partial charge in [0.15, 0.2) is 0 Å². The maximum Gasteiger partial charge on any atom is 0.254 e. The highest BCUT2D eigenvalue weighted by Gasteiger charge is 2.21. The molecule has 0 fully saturated rings. The summed E-state index contributed by atoms with van der Waals surface area (Å²) in [4.78, 5) is 15.1. The average molecular weight is 391 g/mol. The topological polar surface area (TPSA) is 50.2 Å². The number of benzene rings is 1. The van der Waals surface area contributed by atoms with E-state index in [1.807, 2.05) is 28.9 Å². The van der Waals surface area contributed by atoms with Crippen LogP contribution in [0.15, 0.2) is 30.5 Å². The van der Waals surface area contributed by atoms with Gasteiger partial charge in [-0.25, -0.2) is 4.68 Å². The number of nitrogens with zero attached hydrogens (tertiary/aromatic N) is 3. The lowest BCUT2D eigenvalue weighted by Crippen LogP contribution is -2.42. The number of carbonyl (C=O) groups is 1. The van der Waals surface area contributed by atoms with Gasteiger partial charge in [-0.05, 0) is 57.9 Å². The Morgan fingerprint density at radius 3 is 2.22 bits per heavy atom. The van der Waals surface area contributed by atoms with Crippen molar-refractivity contribution in [3.05, 3.63) is 46.7 Å². The van der Waals surface area contributed by atoms with Crippen molar-refractivity contribution in [3.8, 4) is 5.69 Å². The van der Waals surface area contributed by atoms with E-state index in [2.05, 4.69) is 56.9 Å². The van der Waals surface area contributed by atoms with E-state index in [4.69, 9.17) is 11.6 Å². The van der Waals surface area contributed by atoms with E-state index in [-0.39, 0.29) is 11.8 Å². The molecule has 1 N–H and O–H groups in total. The van der Waals surface area contributed by atoms with E-state index < -0.39 is 0 Å². The van der Waals surface area contributed by atoms with Gasteiger partial charge in [-0.2, -0.15) is 5.10 Å². The molecular formula is C21H31ClN4O. The number of rotatable bonds is 8. The Labute approximate surface area is 167 Å². The molecule has 148 valence electrons. The smallest absolute Gasteiger partial charge is 0.254 e. The molecule has 1 aromatic carbocycles. The molecule has 0 unspecified atom stereocenters. The van der Waals surface area contributed by atoms with Gasteiger partial charge in [0.05, 0.1) is 23.1 Å². The lowest BCUT2D eigenvalue weighted by molar-refractivity contribution is 0.0938. The van der Waals surface area contributed by atoms with Crippen molar-refractivity contribution >= 4 is 17.5 Å². The minimum absolute atomic E-state index is 0.0774. The van der Waals surface area contributed by atoms with E-state index in [0.717, 1.165) is 17.9 Å². The van der Waals surface area contributed by atoms with Crippen molar-refractivity contribution in [1.82, 2.24) is 20.0 Å². The fraction of sp³-hybridized carbons (Fsp3) is 0.524. The fourth-order valence-corrected chi connectivity index (χ4v) is 3.51. The van der Waals surface area contributed by atoms with Crippen molar-refractivity contribution in [2.45, 2.75) is 59.5 Å². The van der Waals surface area contributed by atoms with E-state index in [9.17, 15) is 4.79 Å². The lowest BCUT2D eigenvalue weighted by Gasteiger charge is -2.30. The SMILES string of the molecule is CC(C)c1c(C(=O)NCCN(C(C)C)C(C)C)cnn1-c1ccc(Cl)cc1. The van der Waals surface area contributed by atoms with Gasteiger partial charge < -0.3 is 5.32 Å². The number of aromatic nitrogens is 2. The summed E-state index contributed by atoms with van der Waals surface area (Å²) in [6, 6.07) is 8.36. The van der Waals surface area contributed by atoms with Gasteiger partial charge in [0, 0.05) is 30.2 Å². The molecule has 0 aliphatic carbocycles. The number of hydrogen-bond acceptors (Lipinski definition) is 3. The molecule has 0 bridgehead atoms. The molecule has 0 aliphatic heterocycles. The molecule has 27 heavy (non-hydrogen) atoms. The Kier molecular flexibility index (Phi) is 7.45. The Balaban J connectivity index is 2.16. The third kappa shape index (κ3) is 5.33. The van der Waals surface area contributed by atoms with Gasteiger partial charge in [0.25, 0.3) is 5.91 Å². The standard InChI is InChI=1S/C21H31ClN4O/c1-14(2)20-19(13-24-26(20)18-9-7-17(22)8-10-18)21(27)23-11-12-25(15(3)4)16(5)6/h7-10,13-16H,11-12H2,1-6H3,(H,23,27). The van der Waals surface area contributed by atoms with Crippen molar-refractivity contribution in [2.24, 2.45) is 0 Å². The monoisotopic (exact) mass is 390 g/mol. The first-order chi connectivity index (χ1) is 12.7. The van der Waals surface area contributed by atoms with Crippen molar-refractivity contribution < 1.29 is 4.79 Å². The predicted molar refractivity (Wildman–Crippen MR) is 112 cm³/mol. The van der Waals surface area contributed by atoms with Crippen LogP contribution in [0.4, 0.5) is 0 Å². The summed E-state index contributed by atoms with van der Waals surface area (Å²) in [6.45, 7) is 14.3. The van der Waals surface area contributed by atoms with Crippen molar-refractivity contribution in [1.29, 1.82) is 0 Å². The zero-order chi connectivity index (χ0) is 20.1. The summed E-state index contributed by atoms with van der Waals surface area (Å²) in [5.41, 5.74) is 2.42. The molecule has 2 aromatic rings. The molecule has 0 spiro atoms. The lowest BCUT2D eigenvalue weighted by atomic mass is 10.0. The molecule has 2 rings (SSSR count). The van der Waals surface area contributed by atoms with Crippen LogP contribution in [-0.2, 0) is 0 Å².